The summed E-state index contributed by atoms with van der Waals surface area (Å²) in [4.78, 5) is 38.0. The number of aliphatic imine (C=N–C) groups is 1. The predicted octanol–water partition coefficient (Wildman–Crippen LogP) is 2.42. The molecule has 1 atom stereocenters. The highest BCUT2D eigenvalue weighted by Crippen LogP contribution is 2.22. The molecule has 3 heterocycles. The minimum atomic E-state index is -0.561. The summed E-state index contributed by atoms with van der Waals surface area (Å²) in [6, 6.07) is 17.3. The van der Waals surface area contributed by atoms with Crippen LogP contribution in [0, 0.1) is 0 Å². The van der Waals surface area contributed by atoms with E-state index in [4.69, 9.17) is 16.6 Å². The Hall–Kier alpha value is -3.23. The van der Waals surface area contributed by atoms with E-state index in [1.807, 2.05) is 36.4 Å². The van der Waals surface area contributed by atoms with Crippen LogP contribution in [0.1, 0.15) is 5.56 Å². The summed E-state index contributed by atoms with van der Waals surface area (Å²) in [7, 11) is 3.24. The van der Waals surface area contributed by atoms with Crippen molar-refractivity contribution in [1.29, 1.82) is 0 Å². The first-order chi connectivity index (χ1) is 16.9. The summed E-state index contributed by atoms with van der Waals surface area (Å²) in [5.74, 6) is 1.15. The molecular formula is C26H30ClN6O2+. The molecule has 5 rings (SSSR count). The van der Waals surface area contributed by atoms with Crippen LogP contribution in [-0.2, 0) is 11.2 Å². The highest BCUT2D eigenvalue weighted by Gasteiger charge is 2.53. The number of likely N-dealkylation sites (N-methyl/N-ethyl adjacent to an activating group) is 2. The van der Waals surface area contributed by atoms with E-state index in [1.165, 1.54) is 15.4 Å². The highest BCUT2D eigenvalue weighted by atomic mass is 35.5. The van der Waals surface area contributed by atoms with E-state index in [9.17, 15) is 9.59 Å². The lowest BCUT2D eigenvalue weighted by Gasteiger charge is -2.35. The molecule has 0 saturated carbocycles. The number of rotatable bonds is 6. The Labute approximate surface area is 210 Å². The van der Waals surface area contributed by atoms with Crippen molar-refractivity contribution in [2.24, 2.45) is 4.99 Å². The number of anilines is 1. The van der Waals surface area contributed by atoms with Gasteiger partial charge in [0.05, 0.1) is 6.54 Å². The first-order valence-electron chi connectivity index (χ1n) is 12.0. The van der Waals surface area contributed by atoms with Gasteiger partial charge < -0.3 is 4.90 Å². The van der Waals surface area contributed by atoms with Gasteiger partial charge in [0.2, 0.25) is 0 Å². The fraction of sp³-hybridized carbons (Fsp3) is 0.385. The average molecular weight is 494 g/mol. The van der Waals surface area contributed by atoms with Gasteiger partial charge >= 0.3 is 11.9 Å². The van der Waals surface area contributed by atoms with Crippen LogP contribution in [-0.4, -0.2) is 102 Å². The zero-order chi connectivity index (χ0) is 24.5. The highest BCUT2D eigenvalue weighted by molar-refractivity contribution is 6.30. The number of fused-ring (bicyclic) bond motifs is 1. The topological polar surface area (TPSA) is 62.5 Å². The van der Waals surface area contributed by atoms with Crippen molar-refractivity contribution in [1.82, 2.24) is 14.7 Å². The standard InChI is InChI=1S/C26H30ClN6O2/c1-29-24-23(25(34)30(2)26(29)35)33(12-11-19-7-4-3-5-8-19)22(28-24)18-31-13-15-32(16-14-31)21-10-6-9-20(27)17-21/h3-10,17,23H,11-16,18H2,1-2H3/q+1. The number of benzene rings is 2. The summed E-state index contributed by atoms with van der Waals surface area (Å²) in [5, 5.41) is 0.743. The minimum absolute atomic E-state index is 0.222. The molecule has 3 amide bonds. The second kappa shape index (κ2) is 9.79. The Kier molecular flexibility index (Phi) is 6.58. The second-order valence-electron chi connectivity index (χ2n) is 9.20. The molecule has 9 heteroatoms. The van der Waals surface area contributed by atoms with Crippen LogP contribution in [0.15, 0.2) is 59.6 Å². The van der Waals surface area contributed by atoms with Gasteiger partial charge in [-0.05, 0) is 28.8 Å². The molecule has 0 aromatic heterocycles. The Morgan fingerprint density at radius 3 is 2.43 bits per heavy atom. The molecule has 3 aliphatic rings. The van der Waals surface area contributed by atoms with E-state index >= 15 is 0 Å². The first kappa shape index (κ1) is 23.5. The van der Waals surface area contributed by atoms with Gasteiger partial charge in [-0.2, -0.15) is 0 Å². The SMILES string of the molecule is CN1C(=O)C2C(=NC(CN3CCN(c4cccc(Cl)c4)CC3)=[N+]2CCc2ccccc2)N(C)C1=O. The number of hydrogen-bond acceptors (Lipinski definition) is 5. The lowest BCUT2D eigenvalue weighted by atomic mass is 10.1. The van der Waals surface area contributed by atoms with Gasteiger partial charge in [-0.3, -0.25) is 19.5 Å². The van der Waals surface area contributed by atoms with E-state index in [2.05, 4.69) is 32.6 Å². The third-order valence-electron chi connectivity index (χ3n) is 7.01. The minimum Gasteiger partial charge on any atom is -0.369 e. The number of halogens is 1. The summed E-state index contributed by atoms with van der Waals surface area (Å²) in [5.41, 5.74) is 2.34. The number of hydrogen-bond donors (Lipinski definition) is 0. The molecule has 0 bridgehead atoms. The van der Waals surface area contributed by atoms with E-state index in [1.54, 1.807) is 14.1 Å². The molecule has 2 saturated heterocycles. The lowest BCUT2D eigenvalue weighted by Crippen LogP contribution is -2.61. The molecule has 8 nitrogen and oxygen atoms in total. The van der Waals surface area contributed by atoms with Gasteiger partial charge in [0.25, 0.3) is 17.8 Å². The molecular weight excluding hydrogens is 464 g/mol. The van der Waals surface area contributed by atoms with Gasteiger partial charge in [-0.15, -0.1) is 0 Å². The molecule has 3 aliphatic heterocycles. The van der Waals surface area contributed by atoms with Crippen LogP contribution in [0.3, 0.4) is 0 Å². The van der Waals surface area contributed by atoms with Crippen LogP contribution >= 0.6 is 11.6 Å². The number of urea groups is 1. The predicted molar refractivity (Wildman–Crippen MR) is 138 cm³/mol. The van der Waals surface area contributed by atoms with E-state index in [-0.39, 0.29) is 11.9 Å². The number of piperazine rings is 1. The summed E-state index contributed by atoms with van der Waals surface area (Å²) in [6.45, 7) is 4.81. The van der Waals surface area contributed by atoms with Gasteiger partial charge in [0.15, 0.2) is 0 Å². The Bertz CT molecular complexity index is 1190. The zero-order valence-corrected chi connectivity index (χ0v) is 20.9. The maximum Gasteiger partial charge on any atom is 0.333 e. The summed E-state index contributed by atoms with van der Waals surface area (Å²) >= 11 is 6.18. The maximum absolute atomic E-state index is 13.2. The van der Waals surface area contributed by atoms with Gasteiger partial charge in [-0.25, -0.2) is 9.37 Å². The first-order valence-corrected chi connectivity index (χ1v) is 12.3. The van der Waals surface area contributed by atoms with Crippen LogP contribution in [0.25, 0.3) is 0 Å². The quantitative estimate of drug-likeness (QED) is 0.580. The van der Waals surface area contributed by atoms with Crippen molar-refractivity contribution in [2.45, 2.75) is 12.5 Å². The van der Waals surface area contributed by atoms with Crippen LogP contribution in [0.2, 0.25) is 5.02 Å². The Morgan fingerprint density at radius 2 is 1.71 bits per heavy atom. The van der Waals surface area contributed by atoms with E-state index < -0.39 is 6.04 Å². The third-order valence-corrected chi connectivity index (χ3v) is 7.24. The average Bonchev–Trinajstić information content (AvgIpc) is 3.24. The van der Waals surface area contributed by atoms with Crippen molar-refractivity contribution < 1.29 is 14.2 Å². The fourth-order valence-corrected chi connectivity index (χ4v) is 5.15. The van der Waals surface area contributed by atoms with Crippen molar-refractivity contribution in [3.63, 3.8) is 0 Å². The number of nitrogens with zero attached hydrogens (tertiary/aromatic N) is 6. The Balaban J connectivity index is 1.35. The summed E-state index contributed by atoms with van der Waals surface area (Å²) < 4.78 is 2.09. The van der Waals surface area contributed by atoms with Gasteiger partial charge in [0.1, 0.15) is 6.54 Å². The third kappa shape index (κ3) is 4.68. The van der Waals surface area contributed by atoms with Crippen molar-refractivity contribution in [3.8, 4) is 0 Å². The van der Waals surface area contributed by atoms with Gasteiger partial charge in [0, 0.05) is 57.4 Å². The molecule has 182 valence electrons. The number of carbonyl (C=O) groups excluding carboxylic acids is 2. The molecule has 0 spiro atoms. The Morgan fingerprint density at radius 1 is 0.971 bits per heavy atom. The van der Waals surface area contributed by atoms with Crippen LogP contribution < -0.4 is 4.90 Å². The van der Waals surface area contributed by atoms with Crippen molar-refractivity contribution >= 4 is 40.9 Å². The molecule has 2 fully saturated rings. The largest absolute Gasteiger partial charge is 0.369 e. The molecule has 2 aromatic rings. The fourth-order valence-electron chi connectivity index (χ4n) is 4.96. The summed E-state index contributed by atoms with van der Waals surface area (Å²) in [6.07, 6.45) is 0.792. The van der Waals surface area contributed by atoms with Crippen molar-refractivity contribution in [3.05, 3.63) is 65.2 Å². The number of carbonyl (C=O) groups is 2. The van der Waals surface area contributed by atoms with E-state index in [0.29, 0.717) is 18.9 Å². The van der Waals surface area contributed by atoms with Crippen LogP contribution in [0.5, 0.6) is 0 Å². The number of amidine groups is 2. The maximum atomic E-state index is 13.2. The molecule has 35 heavy (non-hydrogen) atoms. The lowest BCUT2D eigenvalue weighted by molar-refractivity contribution is -0.535. The molecule has 0 aliphatic carbocycles. The molecule has 1 unspecified atom stereocenters. The smallest absolute Gasteiger partial charge is 0.333 e. The molecule has 0 radical (unpaired) electrons. The zero-order valence-electron chi connectivity index (χ0n) is 20.1. The molecule has 0 N–H and O–H groups in total. The number of amides is 3. The molecule has 2 aromatic carbocycles. The normalized spacial score (nSPS) is 21.1. The van der Waals surface area contributed by atoms with E-state index in [0.717, 1.165) is 49.1 Å². The second-order valence-corrected chi connectivity index (χ2v) is 9.64. The number of imide groups is 1. The van der Waals surface area contributed by atoms with Crippen LogP contribution in [0.4, 0.5) is 10.5 Å². The monoisotopic (exact) mass is 493 g/mol. The van der Waals surface area contributed by atoms with Crippen molar-refractivity contribution in [2.75, 3.05) is 58.3 Å². The van der Waals surface area contributed by atoms with Gasteiger partial charge in [-0.1, -0.05) is 48.0 Å².